The van der Waals surface area contributed by atoms with Gasteiger partial charge in [0.25, 0.3) is 11.8 Å². The van der Waals surface area contributed by atoms with Crippen molar-refractivity contribution in [3.8, 4) is 17.2 Å². The molecule has 2 aliphatic heterocycles. The molecule has 0 spiro atoms. The number of halogens is 4. The number of fused-ring (bicyclic) bond motifs is 4. The third-order valence-corrected chi connectivity index (χ3v) is 13.7. The molecule has 1 saturated carbocycles. The molecule has 7 rings (SSSR count). The Morgan fingerprint density at radius 2 is 1.60 bits per heavy atom. The molecule has 6 atom stereocenters. The fourth-order valence-corrected chi connectivity index (χ4v) is 10.2. The van der Waals surface area contributed by atoms with Gasteiger partial charge in [0, 0.05) is 21.0 Å². The lowest BCUT2D eigenvalue weighted by molar-refractivity contribution is -0.146. The number of amides is 4. The number of benzene rings is 3. The molecule has 2 aliphatic carbocycles. The predicted molar refractivity (Wildman–Crippen MR) is 202 cm³/mol. The smallest absolute Gasteiger partial charge is 0.260 e. The monoisotopic (exact) mass is 873 g/mol. The number of hydrazine groups is 1. The topological polar surface area (TPSA) is 125 Å². The Balaban J connectivity index is 1.52. The van der Waals surface area contributed by atoms with Gasteiger partial charge in [-0.3, -0.25) is 29.5 Å². The molecule has 3 fully saturated rings. The second kappa shape index (κ2) is 13.1. The summed E-state index contributed by atoms with van der Waals surface area (Å²) in [5.74, 6) is -4.95. The highest BCUT2D eigenvalue weighted by molar-refractivity contribution is 9.13. The van der Waals surface area contributed by atoms with Crippen molar-refractivity contribution in [1.29, 1.82) is 0 Å². The molecule has 2 N–H and O–H groups in total. The van der Waals surface area contributed by atoms with Crippen molar-refractivity contribution in [2.24, 2.45) is 23.7 Å². The minimum Gasteiger partial charge on any atom is -0.503 e. The molecule has 10 nitrogen and oxygen atoms in total. The summed E-state index contributed by atoms with van der Waals surface area (Å²) in [7, 11) is 2.96. The maximum absolute atomic E-state index is 15.5. The van der Waals surface area contributed by atoms with Crippen LogP contribution >= 0.6 is 55.1 Å². The second-order valence-corrected chi connectivity index (χ2v) is 17.0. The van der Waals surface area contributed by atoms with E-state index in [2.05, 4.69) is 37.3 Å². The first-order valence-corrected chi connectivity index (χ1v) is 19.0. The average molecular weight is 876 g/mol. The number of ether oxygens (including phenoxy) is 2. The molecule has 272 valence electrons. The van der Waals surface area contributed by atoms with Gasteiger partial charge in [-0.1, -0.05) is 47.0 Å². The van der Waals surface area contributed by atoms with Crippen molar-refractivity contribution in [2.45, 2.75) is 50.5 Å². The molecule has 4 amide bonds. The van der Waals surface area contributed by atoms with Crippen molar-refractivity contribution in [1.82, 2.24) is 9.91 Å². The number of methoxy groups -OCH3 is 2. The SMILES string of the molecule is COc1ccc([C@@]23C(=O)N(Nc4ccc(Cl)cc4Cl)C(=O)[C@@H]2C[C@@H]2C(=CC[C@@H]4C(=O)N(C(C)(C)C)C(=O)[C@@H]42)[C@@H]3c2cc(OC)c(O)c(Br)c2Br)cc1. The van der Waals surface area contributed by atoms with Crippen LogP contribution in [0.3, 0.4) is 0 Å². The number of carbonyl (C=O) groups is 4. The second-order valence-electron chi connectivity index (χ2n) is 14.5. The summed E-state index contributed by atoms with van der Waals surface area (Å²) in [5.41, 5.74) is 2.75. The summed E-state index contributed by atoms with van der Waals surface area (Å²) < 4.78 is 11.8. The van der Waals surface area contributed by atoms with Gasteiger partial charge in [0.15, 0.2) is 11.5 Å². The van der Waals surface area contributed by atoms with Crippen LogP contribution in [0.2, 0.25) is 10.0 Å². The quantitative estimate of drug-likeness (QED) is 0.189. The van der Waals surface area contributed by atoms with Crippen molar-refractivity contribution in [3.05, 3.63) is 90.3 Å². The highest BCUT2D eigenvalue weighted by Gasteiger charge is 2.71. The summed E-state index contributed by atoms with van der Waals surface area (Å²) in [6, 6.07) is 13.4. The van der Waals surface area contributed by atoms with Crippen LogP contribution in [0.5, 0.6) is 17.2 Å². The zero-order chi connectivity index (χ0) is 37.6. The Morgan fingerprint density at radius 1 is 0.904 bits per heavy atom. The van der Waals surface area contributed by atoms with Crippen molar-refractivity contribution in [2.75, 3.05) is 19.6 Å². The minimum absolute atomic E-state index is 0.109. The Kier molecular flexibility index (Phi) is 9.24. The lowest BCUT2D eigenvalue weighted by Gasteiger charge is -2.51. The van der Waals surface area contributed by atoms with E-state index in [1.807, 2.05) is 26.8 Å². The molecule has 4 aliphatic rings. The average Bonchev–Trinajstić information content (AvgIpc) is 3.49. The molecule has 0 bridgehead atoms. The standard InChI is InChI=1S/C38H35Br2Cl2N3O7/c1-37(2,3)44-33(47)21-12-11-20-22(28(21)35(44)49)15-24-34(48)45(43-26-13-8-18(41)14-25(26)42)36(50)38(24,17-6-9-19(51-4)10-7-17)29(20)23-16-27(52-5)32(46)31(40)30(23)39/h6-11,13-14,16,21-22,24,28-29,43,46H,12,15H2,1-5H3/t21-,22+,24-,28-,29+,38+/m0/s1. The molecule has 0 aromatic heterocycles. The number of anilines is 1. The predicted octanol–water partition coefficient (Wildman–Crippen LogP) is 8.02. The Morgan fingerprint density at radius 3 is 2.21 bits per heavy atom. The third-order valence-electron chi connectivity index (χ3n) is 11.0. The summed E-state index contributed by atoms with van der Waals surface area (Å²) >= 11 is 19.9. The van der Waals surface area contributed by atoms with E-state index < -0.39 is 52.4 Å². The van der Waals surface area contributed by atoms with E-state index in [0.717, 1.165) is 10.6 Å². The van der Waals surface area contributed by atoms with E-state index >= 15 is 4.79 Å². The zero-order valence-electron chi connectivity index (χ0n) is 28.8. The van der Waals surface area contributed by atoms with Gasteiger partial charge in [0.05, 0.1) is 52.6 Å². The number of phenolic OH excluding ortho intramolecular Hbond substituents is 1. The molecule has 3 aromatic rings. The maximum atomic E-state index is 15.5. The highest BCUT2D eigenvalue weighted by atomic mass is 79.9. The molecule has 3 aromatic carbocycles. The van der Waals surface area contributed by atoms with Crippen molar-refractivity contribution < 1.29 is 33.8 Å². The van der Waals surface area contributed by atoms with E-state index in [1.54, 1.807) is 42.5 Å². The number of nitrogens with zero attached hydrogens (tertiary/aromatic N) is 2. The van der Waals surface area contributed by atoms with Crippen molar-refractivity contribution in [3.63, 3.8) is 0 Å². The normalized spacial score (nSPS) is 26.9. The van der Waals surface area contributed by atoms with Crippen LogP contribution < -0.4 is 14.9 Å². The van der Waals surface area contributed by atoms with Crippen LogP contribution in [0, 0.1) is 23.7 Å². The molecule has 14 heteroatoms. The van der Waals surface area contributed by atoms with Gasteiger partial charge in [-0.25, -0.2) is 0 Å². The third kappa shape index (κ3) is 5.30. The first-order chi connectivity index (χ1) is 24.6. The number of allylic oxidation sites excluding steroid dienone is 2. The summed E-state index contributed by atoms with van der Waals surface area (Å²) in [4.78, 5) is 60.1. The van der Waals surface area contributed by atoms with Crippen LogP contribution in [0.25, 0.3) is 0 Å². The van der Waals surface area contributed by atoms with Gasteiger partial charge >= 0.3 is 0 Å². The zero-order valence-corrected chi connectivity index (χ0v) is 33.5. The van der Waals surface area contributed by atoms with Gasteiger partial charge in [0.2, 0.25) is 11.8 Å². The summed E-state index contributed by atoms with van der Waals surface area (Å²) in [5, 5.41) is 12.6. The van der Waals surface area contributed by atoms with Crippen molar-refractivity contribution >= 4 is 84.4 Å². The number of hydrogen-bond donors (Lipinski definition) is 2. The van der Waals surface area contributed by atoms with Gasteiger partial charge in [-0.05, 0) is 119 Å². The molecule has 2 saturated heterocycles. The summed E-state index contributed by atoms with van der Waals surface area (Å²) in [6.45, 7) is 5.48. The van der Waals surface area contributed by atoms with E-state index in [9.17, 15) is 19.5 Å². The Hall–Kier alpha value is -3.58. The molecule has 52 heavy (non-hydrogen) atoms. The van der Waals surface area contributed by atoms with E-state index in [4.69, 9.17) is 32.7 Å². The van der Waals surface area contributed by atoms with E-state index in [-0.39, 0.29) is 51.3 Å². The van der Waals surface area contributed by atoms with Gasteiger partial charge in [-0.2, -0.15) is 5.01 Å². The number of aromatic hydroxyl groups is 1. The van der Waals surface area contributed by atoms with Gasteiger partial charge in [-0.15, -0.1) is 0 Å². The fourth-order valence-electron chi connectivity index (χ4n) is 8.83. The fraction of sp³-hybridized carbons (Fsp3) is 0.368. The lowest BCUT2D eigenvalue weighted by atomic mass is 9.49. The number of carbonyl (C=O) groups excluding carboxylic acids is 4. The largest absolute Gasteiger partial charge is 0.503 e. The first-order valence-electron chi connectivity index (χ1n) is 16.6. The first kappa shape index (κ1) is 36.8. The van der Waals surface area contributed by atoms with E-state index in [1.165, 1.54) is 25.2 Å². The van der Waals surface area contributed by atoms with Crippen LogP contribution in [0.15, 0.2) is 69.1 Å². The number of hydrogen-bond acceptors (Lipinski definition) is 8. The molecular formula is C38H35Br2Cl2N3O7. The van der Waals surface area contributed by atoms with Gasteiger partial charge in [0.1, 0.15) is 5.75 Å². The molecule has 0 unspecified atom stereocenters. The Bertz CT molecular complexity index is 2090. The van der Waals surface area contributed by atoms with Crippen LogP contribution in [-0.2, 0) is 24.6 Å². The lowest BCUT2D eigenvalue weighted by Crippen LogP contribution is -2.53. The van der Waals surface area contributed by atoms with Gasteiger partial charge < -0.3 is 14.6 Å². The number of phenols is 1. The number of rotatable bonds is 6. The number of nitrogens with one attached hydrogen (secondary N) is 1. The van der Waals surface area contributed by atoms with Crippen LogP contribution in [0.4, 0.5) is 5.69 Å². The number of likely N-dealkylation sites (tertiary alicyclic amines) is 1. The molecule has 2 heterocycles. The minimum atomic E-state index is -1.59. The Labute approximate surface area is 327 Å². The van der Waals surface area contributed by atoms with Crippen LogP contribution in [0.1, 0.15) is 50.7 Å². The molecule has 0 radical (unpaired) electrons. The molecular weight excluding hydrogens is 841 g/mol. The highest BCUT2D eigenvalue weighted by Crippen LogP contribution is 2.66. The van der Waals surface area contributed by atoms with Crippen LogP contribution in [-0.4, -0.2) is 58.4 Å². The summed E-state index contributed by atoms with van der Waals surface area (Å²) in [6.07, 6.45) is 2.35. The maximum Gasteiger partial charge on any atom is 0.260 e. The van der Waals surface area contributed by atoms with E-state index in [0.29, 0.717) is 26.4 Å². The number of imide groups is 2.